The van der Waals surface area contributed by atoms with Gasteiger partial charge in [0.05, 0.1) is 23.4 Å². The molecule has 0 aliphatic rings. The zero-order valence-corrected chi connectivity index (χ0v) is 13.1. The van der Waals surface area contributed by atoms with Gasteiger partial charge in [0.25, 0.3) is 0 Å². The van der Waals surface area contributed by atoms with Crippen molar-refractivity contribution in [2.24, 2.45) is 0 Å². The van der Waals surface area contributed by atoms with Gasteiger partial charge in [-0.1, -0.05) is 15.9 Å². The monoisotopic (exact) mass is 344 g/mol. The Morgan fingerprint density at radius 3 is 2.60 bits per heavy atom. The number of halogens is 1. The van der Waals surface area contributed by atoms with E-state index in [1.807, 2.05) is 0 Å². The largest absolute Gasteiger partial charge is 0.478 e. The third kappa shape index (κ3) is 4.82. The Labute approximate surface area is 125 Å². The number of rotatable bonds is 5. The van der Waals surface area contributed by atoms with Gasteiger partial charge in [0.2, 0.25) is 0 Å². The number of carbonyl (C=O) groups excluding carboxylic acids is 1. The molecule has 1 aromatic rings. The number of hydrogen-bond acceptors (Lipinski definition) is 3. The van der Waals surface area contributed by atoms with Crippen molar-refractivity contribution in [1.82, 2.24) is 5.32 Å². The first kappa shape index (κ1) is 16.5. The predicted molar refractivity (Wildman–Crippen MR) is 79.2 cm³/mol. The van der Waals surface area contributed by atoms with Crippen molar-refractivity contribution in [3.63, 3.8) is 0 Å². The molecule has 6 nitrogen and oxygen atoms in total. The summed E-state index contributed by atoms with van der Waals surface area (Å²) in [5.74, 6) is -1.11. The van der Waals surface area contributed by atoms with Crippen molar-refractivity contribution < 1.29 is 19.4 Å². The van der Waals surface area contributed by atoms with Crippen LogP contribution in [-0.2, 0) is 4.74 Å². The summed E-state index contributed by atoms with van der Waals surface area (Å²) < 4.78 is 5.62. The zero-order valence-electron chi connectivity index (χ0n) is 11.5. The summed E-state index contributed by atoms with van der Waals surface area (Å²) in [5, 5.41) is 14.3. The number of carboxylic acids is 1. The van der Waals surface area contributed by atoms with Crippen LogP contribution in [0.4, 0.5) is 10.5 Å². The fourth-order valence-corrected chi connectivity index (χ4v) is 2.02. The number of aromatic carboxylic acids is 1. The second-order valence-electron chi connectivity index (χ2n) is 4.89. The molecule has 1 rings (SSSR count). The lowest BCUT2D eigenvalue weighted by Gasteiger charge is -2.25. The maximum atomic E-state index is 11.9. The summed E-state index contributed by atoms with van der Waals surface area (Å²) in [7, 11) is 1.54. The first-order valence-corrected chi connectivity index (χ1v) is 6.65. The van der Waals surface area contributed by atoms with Crippen LogP contribution in [0.5, 0.6) is 0 Å². The van der Waals surface area contributed by atoms with Crippen LogP contribution in [0.25, 0.3) is 0 Å². The Morgan fingerprint density at radius 2 is 2.05 bits per heavy atom. The minimum atomic E-state index is -1.11. The van der Waals surface area contributed by atoms with Crippen LogP contribution in [-0.4, -0.2) is 36.4 Å². The highest BCUT2D eigenvalue weighted by atomic mass is 79.9. The highest BCUT2D eigenvalue weighted by molar-refractivity contribution is 9.10. The normalized spacial score (nSPS) is 11.0. The maximum Gasteiger partial charge on any atom is 0.337 e. The molecule has 20 heavy (non-hydrogen) atoms. The van der Waals surface area contributed by atoms with Gasteiger partial charge in [0.1, 0.15) is 0 Å². The lowest BCUT2D eigenvalue weighted by molar-refractivity contribution is 0.0698. The van der Waals surface area contributed by atoms with Gasteiger partial charge in [0.15, 0.2) is 0 Å². The fourth-order valence-electron chi connectivity index (χ4n) is 1.66. The topological polar surface area (TPSA) is 87.7 Å². The number of nitrogens with one attached hydrogen (secondary N) is 2. The molecule has 0 bridgehead atoms. The van der Waals surface area contributed by atoms with Gasteiger partial charge in [-0.15, -0.1) is 0 Å². The van der Waals surface area contributed by atoms with Crippen molar-refractivity contribution in [3.05, 3.63) is 28.2 Å². The molecular weight excluding hydrogens is 328 g/mol. The van der Waals surface area contributed by atoms with Crippen molar-refractivity contribution in [1.29, 1.82) is 0 Å². The summed E-state index contributed by atoms with van der Waals surface area (Å²) in [5.41, 5.74) is -0.317. The molecule has 0 spiro atoms. The average molecular weight is 345 g/mol. The van der Waals surface area contributed by atoms with Gasteiger partial charge in [-0.05, 0) is 32.0 Å². The molecule has 0 aromatic heterocycles. The first-order chi connectivity index (χ1) is 9.25. The molecule has 0 fully saturated rings. The molecule has 0 unspecified atom stereocenters. The van der Waals surface area contributed by atoms with Gasteiger partial charge in [0, 0.05) is 11.6 Å². The van der Waals surface area contributed by atoms with Crippen LogP contribution >= 0.6 is 15.9 Å². The average Bonchev–Trinajstić information content (AvgIpc) is 2.30. The van der Waals surface area contributed by atoms with Crippen LogP contribution in [0.15, 0.2) is 22.7 Å². The quantitative estimate of drug-likeness (QED) is 0.766. The molecule has 0 heterocycles. The predicted octanol–water partition coefficient (Wildman–Crippen LogP) is 2.69. The summed E-state index contributed by atoms with van der Waals surface area (Å²) >= 11 is 3.19. The molecule has 110 valence electrons. The van der Waals surface area contributed by atoms with Crippen LogP contribution < -0.4 is 10.6 Å². The molecule has 7 heteroatoms. The van der Waals surface area contributed by atoms with Crippen LogP contribution in [0.2, 0.25) is 0 Å². The van der Waals surface area contributed by atoms with E-state index in [4.69, 9.17) is 9.84 Å². The summed E-state index contributed by atoms with van der Waals surface area (Å²) in [6.45, 7) is 3.94. The number of hydrogen-bond donors (Lipinski definition) is 3. The number of carbonyl (C=O) groups is 2. The van der Waals surface area contributed by atoms with E-state index >= 15 is 0 Å². The van der Waals surface area contributed by atoms with Gasteiger partial charge in [-0.2, -0.15) is 0 Å². The number of amides is 2. The Hall–Kier alpha value is -1.60. The Morgan fingerprint density at radius 1 is 1.40 bits per heavy atom. The molecule has 0 radical (unpaired) electrons. The minimum absolute atomic E-state index is 0.0130. The van der Waals surface area contributed by atoms with Crippen LogP contribution in [0.3, 0.4) is 0 Å². The first-order valence-electron chi connectivity index (χ1n) is 5.86. The number of carboxylic acid groups (broad SMARTS) is 1. The number of ether oxygens (including phenoxy) is 1. The minimum Gasteiger partial charge on any atom is -0.478 e. The SMILES string of the molecule is COCC(C)(C)NC(=O)Nc1ccc(Br)cc1C(=O)O. The molecule has 0 saturated heterocycles. The van der Waals surface area contributed by atoms with Crippen molar-refractivity contribution in [2.75, 3.05) is 19.0 Å². The Kier molecular flexibility index (Phi) is 5.52. The second kappa shape index (κ2) is 6.71. The van der Waals surface area contributed by atoms with E-state index in [9.17, 15) is 9.59 Å². The van der Waals surface area contributed by atoms with Crippen LogP contribution in [0.1, 0.15) is 24.2 Å². The number of anilines is 1. The molecule has 0 aliphatic carbocycles. The highest BCUT2D eigenvalue weighted by Gasteiger charge is 2.21. The third-order valence-corrected chi connectivity index (χ3v) is 2.91. The number of benzene rings is 1. The van der Waals surface area contributed by atoms with E-state index in [1.165, 1.54) is 12.1 Å². The van der Waals surface area contributed by atoms with E-state index in [0.29, 0.717) is 11.1 Å². The Bertz CT molecular complexity index is 517. The molecule has 0 atom stereocenters. The van der Waals surface area contributed by atoms with Gasteiger partial charge < -0.3 is 20.5 Å². The van der Waals surface area contributed by atoms with E-state index in [-0.39, 0.29) is 11.3 Å². The molecule has 1 aromatic carbocycles. The number of methoxy groups -OCH3 is 1. The number of urea groups is 1. The van der Waals surface area contributed by atoms with E-state index in [2.05, 4.69) is 26.6 Å². The van der Waals surface area contributed by atoms with Crippen molar-refractivity contribution >= 4 is 33.6 Å². The Balaban J connectivity index is 2.83. The molecule has 0 saturated carbocycles. The van der Waals surface area contributed by atoms with E-state index in [0.717, 1.165) is 0 Å². The lowest BCUT2D eigenvalue weighted by Crippen LogP contribution is -2.48. The van der Waals surface area contributed by atoms with Crippen LogP contribution in [0, 0.1) is 0 Å². The summed E-state index contributed by atoms with van der Waals surface area (Å²) in [6.07, 6.45) is 0. The fraction of sp³-hybridized carbons (Fsp3) is 0.385. The van der Waals surface area contributed by atoms with Crippen molar-refractivity contribution in [2.45, 2.75) is 19.4 Å². The maximum absolute atomic E-state index is 11.9. The lowest BCUT2D eigenvalue weighted by atomic mass is 10.1. The van der Waals surface area contributed by atoms with Gasteiger partial charge >= 0.3 is 12.0 Å². The third-order valence-electron chi connectivity index (χ3n) is 2.42. The summed E-state index contributed by atoms with van der Waals surface area (Å²) in [6, 6.07) is 4.12. The summed E-state index contributed by atoms with van der Waals surface area (Å²) in [4.78, 5) is 23.0. The van der Waals surface area contributed by atoms with Gasteiger partial charge in [-0.3, -0.25) is 0 Å². The zero-order chi connectivity index (χ0) is 15.3. The van der Waals surface area contributed by atoms with E-state index < -0.39 is 17.5 Å². The van der Waals surface area contributed by atoms with E-state index in [1.54, 1.807) is 27.0 Å². The molecule has 2 amide bonds. The standard InChI is InChI=1S/C13H17BrN2O4/c1-13(2,7-20-3)16-12(19)15-10-5-4-8(14)6-9(10)11(17)18/h4-6H,7H2,1-3H3,(H,17,18)(H2,15,16,19). The molecular formula is C13H17BrN2O4. The molecule has 3 N–H and O–H groups in total. The smallest absolute Gasteiger partial charge is 0.337 e. The highest BCUT2D eigenvalue weighted by Crippen LogP contribution is 2.21. The van der Waals surface area contributed by atoms with Crippen molar-refractivity contribution in [3.8, 4) is 0 Å². The second-order valence-corrected chi connectivity index (χ2v) is 5.81. The molecule has 0 aliphatic heterocycles. The van der Waals surface area contributed by atoms with Gasteiger partial charge in [-0.25, -0.2) is 9.59 Å².